The van der Waals surface area contributed by atoms with Crippen molar-refractivity contribution in [3.05, 3.63) is 53.9 Å². The van der Waals surface area contributed by atoms with Gasteiger partial charge in [-0.3, -0.25) is 4.68 Å². The van der Waals surface area contributed by atoms with Gasteiger partial charge < -0.3 is 15.2 Å². The van der Waals surface area contributed by atoms with Crippen LogP contribution in [0.3, 0.4) is 0 Å². The number of benzene rings is 1. The van der Waals surface area contributed by atoms with Crippen LogP contribution in [0.4, 0.5) is 4.79 Å². The van der Waals surface area contributed by atoms with E-state index in [1.807, 2.05) is 36.5 Å². The summed E-state index contributed by atoms with van der Waals surface area (Å²) in [5.41, 5.74) is 1.95. The average Bonchev–Trinajstić information content (AvgIpc) is 3.35. The number of carbonyl (C=O) groups excluding carboxylic acids is 1. The van der Waals surface area contributed by atoms with E-state index in [4.69, 9.17) is 4.74 Å². The van der Waals surface area contributed by atoms with Crippen LogP contribution in [0.2, 0.25) is 0 Å². The van der Waals surface area contributed by atoms with Crippen molar-refractivity contribution in [1.82, 2.24) is 15.1 Å². The Kier molecular flexibility index (Phi) is 5.02. The normalized spacial score (nSPS) is 16.0. The Bertz CT molecular complexity index is 740. The van der Waals surface area contributed by atoms with Crippen LogP contribution in [0.25, 0.3) is 0 Å². The molecule has 2 aromatic rings. The molecule has 7 nitrogen and oxygen atoms in total. The second-order valence-electron chi connectivity index (χ2n) is 6.29. The first kappa shape index (κ1) is 17.0. The molecule has 1 aliphatic rings. The maximum Gasteiger partial charge on any atom is 0.408 e. The fourth-order valence-electron chi connectivity index (χ4n) is 2.64. The predicted molar refractivity (Wildman–Crippen MR) is 90.1 cm³/mol. The fourth-order valence-corrected chi connectivity index (χ4v) is 2.64. The maximum absolute atomic E-state index is 12.0. The molecule has 1 aromatic carbocycles. The standard InChI is InChI=1S/C18H21N3O4/c1-12(21-10-15(9-19-21)14-7-8-14)16(17(22)23)20-18(24)25-11-13-5-3-2-4-6-13/h2-6,9-10,12,14,16H,7-8,11H2,1H3,(H,20,24)(H,22,23). The molecule has 1 fully saturated rings. The molecule has 7 heteroatoms. The van der Waals surface area contributed by atoms with Crippen LogP contribution in [-0.4, -0.2) is 33.0 Å². The molecule has 2 N–H and O–H groups in total. The highest BCUT2D eigenvalue weighted by atomic mass is 16.5. The SMILES string of the molecule is CC(C(NC(=O)OCc1ccccc1)C(=O)O)n1cc(C2CC2)cn1. The van der Waals surface area contributed by atoms with Crippen LogP contribution in [0.1, 0.15) is 42.9 Å². The van der Waals surface area contributed by atoms with Crippen LogP contribution in [0.15, 0.2) is 42.7 Å². The third-order valence-corrected chi connectivity index (χ3v) is 4.32. The van der Waals surface area contributed by atoms with Gasteiger partial charge in [0.15, 0.2) is 6.04 Å². The van der Waals surface area contributed by atoms with E-state index in [0.29, 0.717) is 5.92 Å². The van der Waals surface area contributed by atoms with Gasteiger partial charge in [0.25, 0.3) is 0 Å². The van der Waals surface area contributed by atoms with E-state index in [9.17, 15) is 14.7 Å². The topological polar surface area (TPSA) is 93.5 Å². The summed E-state index contributed by atoms with van der Waals surface area (Å²) in [5, 5.41) is 16.1. The summed E-state index contributed by atoms with van der Waals surface area (Å²) in [4.78, 5) is 23.5. The zero-order chi connectivity index (χ0) is 17.8. The van der Waals surface area contributed by atoms with E-state index >= 15 is 0 Å². The minimum absolute atomic E-state index is 0.0843. The van der Waals surface area contributed by atoms with Crippen molar-refractivity contribution in [2.24, 2.45) is 0 Å². The zero-order valence-electron chi connectivity index (χ0n) is 14.0. The van der Waals surface area contributed by atoms with Gasteiger partial charge in [0.1, 0.15) is 6.61 Å². The van der Waals surface area contributed by atoms with Gasteiger partial charge in [-0.05, 0) is 36.8 Å². The predicted octanol–water partition coefficient (Wildman–Crippen LogP) is 2.70. The number of carboxylic acid groups (broad SMARTS) is 1. The highest BCUT2D eigenvalue weighted by Gasteiger charge is 2.31. The lowest BCUT2D eigenvalue weighted by atomic mass is 10.1. The molecule has 1 amide bonds. The highest BCUT2D eigenvalue weighted by Crippen LogP contribution is 2.39. The summed E-state index contributed by atoms with van der Waals surface area (Å²) in [7, 11) is 0. The Morgan fingerprint density at radius 1 is 1.36 bits per heavy atom. The molecular weight excluding hydrogens is 322 g/mol. The number of nitrogens with zero attached hydrogens (tertiary/aromatic N) is 2. The van der Waals surface area contributed by atoms with Crippen molar-refractivity contribution in [1.29, 1.82) is 0 Å². The van der Waals surface area contributed by atoms with Crippen molar-refractivity contribution in [2.75, 3.05) is 0 Å². The van der Waals surface area contributed by atoms with Gasteiger partial charge >= 0.3 is 12.1 Å². The van der Waals surface area contributed by atoms with Gasteiger partial charge in [-0.15, -0.1) is 0 Å². The molecule has 1 aliphatic carbocycles. The van der Waals surface area contributed by atoms with E-state index < -0.39 is 24.1 Å². The van der Waals surface area contributed by atoms with Crippen molar-refractivity contribution < 1.29 is 19.4 Å². The Morgan fingerprint density at radius 2 is 2.08 bits per heavy atom. The summed E-state index contributed by atoms with van der Waals surface area (Å²) in [6.07, 6.45) is 5.15. The third-order valence-electron chi connectivity index (χ3n) is 4.32. The molecule has 1 heterocycles. The van der Waals surface area contributed by atoms with E-state index in [2.05, 4.69) is 10.4 Å². The van der Waals surface area contributed by atoms with Crippen LogP contribution in [-0.2, 0) is 16.1 Å². The monoisotopic (exact) mass is 343 g/mol. The second kappa shape index (κ2) is 7.38. The number of nitrogens with one attached hydrogen (secondary N) is 1. The summed E-state index contributed by atoms with van der Waals surface area (Å²) in [6, 6.07) is 7.54. The minimum atomic E-state index is -1.13. The number of hydrogen-bond donors (Lipinski definition) is 2. The fraction of sp³-hybridized carbons (Fsp3) is 0.389. The molecule has 0 aliphatic heterocycles. The Balaban J connectivity index is 1.59. The minimum Gasteiger partial charge on any atom is -0.480 e. The molecule has 0 bridgehead atoms. The quantitative estimate of drug-likeness (QED) is 0.806. The molecule has 3 rings (SSSR count). The highest BCUT2D eigenvalue weighted by molar-refractivity contribution is 5.80. The zero-order valence-corrected chi connectivity index (χ0v) is 14.0. The van der Waals surface area contributed by atoms with Gasteiger partial charge in [0, 0.05) is 6.20 Å². The Morgan fingerprint density at radius 3 is 2.72 bits per heavy atom. The van der Waals surface area contributed by atoms with Crippen LogP contribution < -0.4 is 5.32 Å². The first-order valence-corrected chi connectivity index (χ1v) is 8.28. The number of alkyl carbamates (subject to hydrolysis) is 1. The molecule has 1 aromatic heterocycles. The molecule has 0 radical (unpaired) electrons. The summed E-state index contributed by atoms with van der Waals surface area (Å²) >= 11 is 0. The first-order chi connectivity index (χ1) is 12.0. The van der Waals surface area contributed by atoms with Crippen molar-refractivity contribution in [2.45, 2.75) is 44.4 Å². The van der Waals surface area contributed by atoms with Gasteiger partial charge in [-0.25, -0.2) is 9.59 Å². The lowest BCUT2D eigenvalue weighted by Gasteiger charge is -2.21. The maximum atomic E-state index is 12.0. The van der Waals surface area contributed by atoms with E-state index in [0.717, 1.165) is 24.0 Å². The number of hydrogen-bond acceptors (Lipinski definition) is 4. The number of carboxylic acids is 1. The molecule has 0 spiro atoms. The van der Waals surface area contributed by atoms with Crippen LogP contribution in [0.5, 0.6) is 0 Å². The average molecular weight is 343 g/mol. The van der Waals surface area contributed by atoms with Crippen molar-refractivity contribution in [3.8, 4) is 0 Å². The van der Waals surface area contributed by atoms with Gasteiger partial charge in [-0.1, -0.05) is 30.3 Å². The van der Waals surface area contributed by atoms with Gasteiger partial charge in [0.05, 0.1) is 12.2 Å². The van der Waals surface area contributed by atoms with E-state index in [1.165, 1.54) is 0 Å². The molecular formula is C18H21N3O4. The molecule has 0 saturated heterocycles. The molecule has 1 saturated carbocycles. The van der Waals surface area contributed by atoms with Gasteiger partial charge in [0.2, 0.25) is 0 Å². The summed E-state index contributed by atoms with van der Waals surface area (Å²) in [5.74, 6) is -0.597. The summed E-state index contributed by atoms with van der Waals surface area (Å²) < 4.78 is 6.69. The molecule has 2 unspecified atom stereocenters. The Hall–Kier alpha value is -2.83. The molecule has 25 heavy (non-hydrogen) atoms. The number of amides is 1. The van der Waals surface area contributed by atoms with Crippen molar-refractivity contribution >= 4 is 12.1 Å². The largest absolute Gasteiger partial charge is 0.480 e. The van der Waals surface area contributed by atoms with E-state index in [1.54, 1.807) is 17.8 Å². The molecule has 132 valence electrons. The lowest BCUT2D eigenvalue weighted by Crippen LogP contribution is -2.46. The Labute approximate surface area is 145 Å². The number of rotatable bonds is 7. The number of aromatic nitrogens is 2. The van der Waals surface area contributed by atoms with Crippen LogP contribution >= 0.6 is 0 Å². The lowest BCUT2D eigenvalue weighted by molar-refractivity contribution is -0.140. The number of carbonyl (C=O) groups is 2. The number of ether oxygens (including phenoxy) is 1. The van der Waals surface area contributed by atoms with Crippen LogP contribution in [0, 0.1) is 0 Å². The smallest absolute Gasteiger partial charge is 0.408 e. The second-order valence-corrected chi connectivity index (χ2v) is 6.29. The van der Waals surface area contributed by atoms with E-state index in [-0.39, 0.29) is 6.61 Å². The molecule has 2 atom stereocenters. The van der Waals surface area contributed by atoms with Gasteiger partial charge in [-0.2, -0.15) is 5.10 Å². The number of aliphatic carboxylic acids is 1. The van der Waals surface area contributed by atoms with Crippen molar-refractivity contribution in [3.63, 3.8) is 0 Å². The third kappa shape index (κ3) is 4.37. The first-order valence-electron chi connectivity index (χ1n) is 8.28. The summed E-state index contributed by atoms with van der Waals surface area (Å²) in [6.45, 7) is 1.79.